The van der Waals surface area contributed by atoms with Gasteiger partial charge >= 0.3 is 12.0 Å². The molecule has 0 aliphatic carbocycles. The molecule has 1 rings (SSSR count). The van der Waals surface area contributed by atoms with E-state index in [2.05, 4.69) is 12.2 Å². The Morgan fingerprint density at radius 3 is 2.63 bits per heavy atom. The number of hydrogen-bond acceptors (Lipinski definition) is 3. The first-order valence-electron chi connectivity index (χ1n) is 6.80. The zero-order chi connectivity index (χ0) is 14.6. The summed E-state index contributed by atoms with van der Waals surface area (Å²) in [6.07, 6.45) is 0.721. The molecular formula is C13H24N2O3S. The standard InChI is InChI=1S/C13H24N2O3S/c1-5-8(2)11(12(16)17)14-13(18)15-6-7-19-10(4)9(15)3/h8-11H,5-7H2,1-4H3,(H,14,18)(H,16,17). The normalized spacial score (nSPS) is 26.6. The van der Waals surface area contributed by atoms with Gasteiger partial charge in [0.1, 0.15) is 6.04 Å². The van der Waals surface area contributed by atoms with Crippen LogP contribution < -0.4 is 5.32 Å². The highest BCUT2D eigenvalue weighted by Crippen LogP contribution is 2.24. The van der Waals surface area contributed by atoms with E-state index in [-0.39, 0.29) is 18.0 Å². The van der Waals surface area contributed by atoms with Gasteiger partial charge in [-0.2, -0.15) is 11.8 Å². The molecule has 1 saturated heterocycles. The van der Waals surface area contributed by atoms with Gasteiger partial charge in [0.15, 0.2) is 0 Å². The quantitative estimate of drug-likeness (QED) is 0.830. The average molecular weight is 288 g/mol. The average Bonchev–Trinajstić information content (AvgIpc) is 2.37. The van der Waals surface area contributed by atoms with Crippen molar-refractivity contribution < 1.29 is 14.7 Å². The lowest BCUT2D eigenvalue weighted by atomic mass is 9.99. The smallest absolute Gasteiger partial charge is 0.326 e. The summed E-state index contributed by atoms with van der Waals surface area (Å²) in [5, 5.41) is 12.2. The molecule has 5 nitrogen and oxygen atoms in total. The summed E-state index contributed by atoms with van der Waals surface area (Å²) in [4.78, 5) is 25.2. The third kappa shape index (κ3) is 4.03. The second-order valence-electron chi connectivity index (χ2n) is 5.16. The number of carbonyl (C=O) groups is 2. The number of carboxylic acid groups (broad SMARTS) is 1. The largest absolute Gasteiger partial charge is 0.480 e. The SMILES string of the molecule is CCC(C)C(NC(=O)N1CCSC(C)C1C)C(=O)O. The number of rotatable bonds is 4. The first-order chi connectivity index (χ1) is 8.88. The Morgan fingerprint density at radius 1 is 1.47 bits per heavy atom. The van der Waals surface area contributed by atoms with Gasteiger partial charge in [0.2, 0.25) is 0 Å². The third-order valence-electron chi connectivity index (χ3n) is 3.90. The molecule has 110 valence electrons. The molecule has 0 aromatic rings. The van der Waals surface area contributed by atoms with E-state index in [1.54, 1.807) is 4.90 Å². The fourth-order valence-corrected chi connectivity index (χ4v) is 3.22. The van der Waals surface area contributed by atoms with E-state index in [4.69, 9.17) is 0 Å². The molecule has 0 saturated carbocycles. The van der Waals surface area contributed by atoms with E-state index >= 15 is 0 Å². The third-order valence-corrected chi connectivity index (χ3v) is 5.24. The molecule has 0 radical (unpaired) electrons. The van der Waals surface area contributed by atoms with E-state index < -0.39 is 12.0 Å². The van der Waals surface area contributed by atoms with Gasteiger partial charge < -0.3 is 15.3 Å². The van der Waals surface area contributed by atoms with Gasteiger partial charge in [-0.15, -0.1) is 0 Å². The van der Waals surface area contributed by atoms with E-state index in [1.165, 1.54) is 0 Å². The molecule has 4 unspecified atom stereocenters. The van der Waals surface area contributed by atoms with Crippen molar-refractivity contribution in [1.29, 1.82) is 0 Å². The topological polar surface area (TPSA) is 69.6 Å². The van der Waals surface area contributed by atoms with Crippen LogP contribution in [0.4, 0.5) is 4.79 Å². The summed E-state index contributed by atoms with van der Waals surface area (Å²) in [5.41, 5.74) is 0. The Hall–Kier alpha value is -0.910. The van der Waals surface area contributed by atoms with Crippen molar-refractivity contribution in [3.05, 3.63) is 0 Å². The molecule has 1 heterocycles. The Labute approximate surface area is 119 Å². The van der Waals surface area contributed by atoms with Crippen molar-refractivity contribution in [2.24, 2.45) is 5.92 Å². The maximum atomic E-state index is 12.2. The molecule has 0 aromatic carbocycles. The minimum atomic E-state index is -0.963. The monoisotopic (exact) mass is 288 g/mol. The van der Waals surface area contributed by atoms with Crippen LogP contribution in [-0.2, 0) is 4.79 Å². The van der Waals surface area contributed by atoms with Gasteiger partial charge in [0.25, 0.3) is 0 Å². The van der Waals surface area contributed by atoms with Crippen molar-refractivity contribution in [1.82, 2.24) is 10.2 Å². The van der Waals surface area contributed by atoms with Gasteiger partial charge in [-0.05, 0) is 12.8 Å². The maximum absolute atomic E-state index is 12.2. The minimum absolute atomic E-state index is 0.0756. The van der Waals surface area contributed by atoms with Crippen LogP contribution in [0.25, 0.3) is 0 Å². The van der Waals surface area contributed by atoms with Crippen molar-refractivity contribution >= 4 is 23.8 Å². The second kappa shape index (κ2) is 7.03. The molecule has 6 heteroatoms. The van der Waals surface area contributed by atoms with Crippen molar-refractivity contribution in [2.45, 2.75) is 51.4 Å². The molecule has 19 heavy (non-hydrogen) atoms. The predicted molar refractivity (Wildman–Crippen MR) is 77.5 cm³/mol. The number of carboxylic acids is 1. The van der Waals surface area contributed by atoms with Crippen LogP contribution in [-0.4, -0.2) is 51.6 Å². The summed E-state index contributed by atoms with van der Waals surface area (Å²) in [6.45, 7) is 8.55. The highest BCUT2D eigenvalue weighted by atomic mass is 32.2. The molecule has 2 amide bonds. The van der Waals surface area contributed by atoms with E-state index in [9.17, 15) is 14.7 Å². The van der Waals surface area contributed by atoms with Crippen LogP contribution in [0.1, 0.15) is 34.1 Å². The zero-order valence-electron chi connectivity index (χ0n) is 12.0. The van der Waals surface area contributed by atoms with Gasteiger partial charge in [-0.25, -0.2) is 9.59 Å². The molecule has 0 spiro atoms. The predicted octanol–water partition coefficient (Wildman–Crippen LogP) is 2.02. The Balaban J connectivity index is 2.68. The minimum Gasteiger partial charge on any atom is -0.480 e. The van der Waals surface area contributed by atoms with Crippen LogP contribution in [0, 0.1) is 5.92 Å². The number of thioether (sulfide) groups is 1. The lowest BCUT2D eigenvalue weighted by Crippen LogP contribution is -2.56. The van der Waals surface area contributed by atoms with E-state index in [0.29, 0.717) is 11.8 Å². The first kappa shape index (κ1) is 16.1. The number of amides is 2. The molecule has 1 aliphatic heterocycles. The van der Waals surface area contributed by atoms with Gasteiger partial charge in [0, 0.05) is 23.6 Å². The fraction of sp³-hybridized carbons (Fsp3) is 0.846. The molecule has 1 aliphatic rings. The molecular weight excluding hydrogens is 264 g/mol. The van der Waals surface area contributed by atoms with E-state index in [0.717, 1.165) is 12.2 Å². The molecule has 4 atom stereocenters. The molecule has 2 N–H and O–H groups in total. The summed E-state index contributed by atoms with van der Waals surface area (Å²) in [5.74, 6) is -0.136. The maximum Gasteiger partial charge on any atom is 0.326 e. The number of urea groups is 1. The summed E-state index contributed by atoms with van der Waals surface area (Å²) >= 11 is 1.85. The van der Waals surface area contributed by atoms with Gasteiger partial charge in [-0.1, -0.05) is 27.2 Å². The molecule has 0 aromatic heterocycles. The lowest BCUT2D eigenvalue weighted by Gasteiger charge is -2.38. The number of carbonyl (C=O) groups excluding carboxylic acids is 1. The number of nitrogens with zero attached hydrogens (tertiary/aromatic N) is 1. The number of hydrogen-bond donors (Lipinski definition) is 2. The van der Waals surface area contributed by atoms with Crippen LogP contribution >= 0.6 is 11.8 Å². The van der Waals surface area contributed by atoms with Crippen molar-refractivity contribution in [3.63, 3.8) is 0 Å². The van der Waals surface area contributed by atoms with Crippen molar-refractivity contribution in [3.8, 4) is 0 Å². The zero-order valence-corrected chi connectivity index (χ0v) is 12.9. The highest BCUT2D eigenvalue weighted by molar-refractivity contribution is 8.00. The Morgan fingerprint density at radius 2 is 2.11 bits per heavy atom. The fourth-order valence-electron chi connectivity index (χ4n) is 2.12. The van der Waals surface area contributed by atoms with Crippen LogP contribution in [0.5, 0.6) is 0 Å². The lowest BCUT2D eigenvalue weighted by molar-refractivity contribution is -0.140. The van der Waals surface area contributed by atoms with Crippen LogP contribution in [0.15, 0.2) is 0 Å². The van der Waals surface area contributed by atoms with Crippen molar-refractivity contribution in [2.75, 3.05) is 12.3 Å². The molecule has 0 bridgehead atoms. The summed E-state index contributed by atoms with van der Waals surface area (Å²) in [7, 11) is 0. The van der Waals surface area contributed by atoms with Gasteiger partial charge in [-0.3, -0.25) is 0 Å². The van der Waals surface area contributed by atoms with Gasteiger partial charge in [0.05, 0.1) is 0 Å². The van der Waals surface area contributed by atoms with Crippen LogP contribution in [0.3, 0.4) is 0 Å². The first-order valence-corrected chi connectivity index (χ1v) is 7.84. The van der Waals surface area contributed by atoms with Crippen LogP contribution in [0.2, 0.25) is 0 Å². The number of nitrogens with one attached hydrogen (secondary N) is 1. The molecule has 1 fully saturated rings. The Bertz CT molecular complexity index is 338. The second-order valence-corrected chi connectivity index (χ2v) is 6.65. The van der Waals surface area contributed by atoms with E-state index in [1.807, 2.05) is 32.5 Å². The summed E-state index contributed by atoms with van der Waals surface area (Å²) < 4.78 is 0. The Kier molecular flexibility index (Phi) is 5.97. The highest BCUT2D eigenvalue weighted by Gasteiger charge is 2.32. The number of aliphatic carboxylic acids is 1. The summed E-state index contributed by atoms with van der Waals surface area (Å²) in [6, 6.07) is -0.938.